The molecule has 37 heavy (non-hydrogen) atoms. The van der Waals surface area contributed by atoms with Crippen molar-refractivity contribution < 1.29 is 23.9 Å². The van der Waals surface area contributed by atoms with Crippen molar-refractivity contribution in [3.8, 4) is 11.5 Å². The maximum Gasteiger partial charge on any atom is 0.326 e. The Morgan fingerprint density at radius 2 is 1.59 bits per heavy atom. The molecule has 3 aromatic rings. The zero-order valence-electron chi connectivity index (χ0n) is 20.8. The van der Waals surface area contributed by atoms with Crippen LogP contribution in [0.5, 0.6) is 11.5 Å². The maximum absolute atomic E-state index is 14.0. The first kappa shape index (κ1) is 24.4. The maximum atomic E-state index is 14.0. The Labute approximate surface area is 215 Å². The Morgan fingerprint density at radius 3 is 2.19 bits per heavy atom. The zero-order chi connectivity index (χ0) is 26.0. The van der Waals surface area contributed by atoms with Gasteiger partial charge in [-0.2, -0.15) is 0 Å². The fourth-order valence-corrected chi connectivity index (χ4v) is 5.37. The van der Waals surface area contributed by atoms with Gasteiger partial charge >= 0.3 is 6.03 Å². The van der Waals surface area contributed by atoms with Gasteiger partial charge in [0.15, 0.2) is 5.54 Å². The smallest absolute Gasteiger partial charge is 0.326 e. The summed E-state index contributed by atoms with van der Waals surface area (Å²) in [6, 6.07) is 22.9. The van der Waals surface area contributed by atoms with Gasteiger partial charge in [0.05, 0.1) is 20.3 Å². The number of imide groups is 1. The number of methoxy groups -OCH3 is 2. The summed E-state index contributed by atoms with van der Waals surface area (Å²) in [6.45, 7) is 0.172. The summed E-state index contributed by atoms with van der Waals surface area (Å²) in [4.78, 5) is 43.5. The molecule has 0 aliphatic carbocycles. The lowest BCUT2D eigenvalue weighted by Crippen LogP contribution is -2.46. The van der Waals surface area contributed by atoms with Crippen LogP contribution >= 0.6 is 0 Å². The van der Waals surface area contributed by atoms with Gasteiger partial charge in [-0.3, -0.25) is 14.5 Å². The summed E-state index contributed by atoms with van der Waals surface area (Å²) in [5.41, 5.74) is 0.706. The number of likely N-dealkylation sites (tertiary alicyclic amines) is 1. The van der Waals surface area contributed by atoms with Gasteiger partial charge in [-0.15, -0.1) is 0 Å². The minimum absolute atomic E-state index is 0.244. The molecule has 2 aliphatic rings. The van der Waals surface area contributed by atoms with Crippen LogP contribution in [0.25, 0.3) is 0 Å². The predicted molar refractivity (Wildman–Crippen MR) is 137 cm³/mol. The average molecular weight is 500 g/mol. The standard InChI is InChI=1S/C29H29N3O5/c1-36-22-15-16-25(37-2)23(18-22)24-14-9-17-31(24)26(33)19-32-27(34)29(30-28(32)35,20-10-5-3-6-11-20)21-12-7-4-8-13-21/h3-8,10-13,15-16,18,24H,9,14,17,19H2,1-2H3,(H,30,35). The third kappa shape index (κ3) is 4.18. The number of urea groups is 1. The van der Waals surface area contributed by atoms with Crippen molar-refractivity contribution in [2.75, 3.05) is 27.3 Å². The molecule has 0 aromatic heterocycles. The molecular formula is C29H29N3O5. The van der Waals surface area contributed by atoms with Crippen LogP contribution in [0.2, 0.25) is 0 Å². The van der Waals surface area contributed by atoms with Crippen LogP contribution in [0, 0.1) is 0 Å². The molecule has 0 saturated carbocycles. The highest BCUT2D eigenvalue weighted by molar-refractivity contribution is 6.11. The number of ether oxygens (including phenoxy) is 2. The minimum atomic E-state index is -1.40. The number of rotatable bonds is 7. The van der Waals surface area contributed by atoms with Gasteiger partial charge in [-0.25, -0.2) is 4.79 Å². The zero-order valence-corrected chi connectivity index (χ0v) is 20.8. The molecule has 4 amide bonds. The molecule has 190 valence electrons. The Balaban J connectivity index is 1.45. The van der Waals surface area contributed by atoms with E-state index in [0.717, 1.165) is 23.3 Å². The lowest BCUT2D eigenvalue weighted by atomic mass is 9.82. The largest absolute Gasteiger partial charge is 0.497 e. The number of hydrogen-bond acceptors (Lipinski definition) is 5. The van der Waals surface area contributed by atoms with E-state index in [1.165, 1.54) is 0 Å². The quantitative estimate of drug-likeness (QED) is 0.499. The van der Waals surface area contributed by atoms with Crippen molar-refractivity contribution in [1.29, 1.82) is 0 Å². The van der Waals surface area contributed by atoms with Gasteiger partial charge < -0.3 is 19.7 Å². The van der Waals surface area contributed by atoms with Gasteiger partial charge in [0.1, 0.15) is 18.0 Å². The molecule has 2 aliphatic heterocycles. The third-order valence-electron chi connectivity index (χ3n) is 7.18. The first-order valence-electron chi connectivity index (χ1n) is 12.3. The summed E-state index contributed by atoms with van der Waals surface area (Å²) >= 11 is 0. The van der Waals surface area contributed by atoms with E-state index < -0.39 is 17.5 Å². The molecule has 0 spiro atoms. The van der Waals surface area contributed by atoms with E-state index in [2.05, 4.69) is 5.32 Å². The molecule has 0 radical (unpaired) electrons. The Bertz CT molecular complexity index is 1270. The van der Waals surface area contributed by atoms with Crippen molar-refractivity contribution in [2.45, 2.75) is 24.4 Å². The van der Waals surface area contributed by atoms with Crippen molar-refractivity contribution in [3.05, 3.63) is 95.6 Å². The normalized spacial score (nSPS) is 18.6. The van der Waals surface area contributed by atoms with E-state index >= 15 is 0 Å². The van der Waals surface area contributed by atoms with Crippen molar-refractivity contribution in [1.82, 2.24) is 15.1 Å². The fourth-order valence-electron chi connectivity index (χ4n) is 5.37. The number of benzene rings is 3. The number of nitrogens with zero attached hydrogens (tertiary/aromatic N) is 2. The summed E-state index contributed by atoms with van der Waals surface area (Å²) in [5.74, 6) is 0.554. The van der Waals surface area contributed by atoms with E-state index in [4.69, 9.17) is 9.47 Å². The molecule has 8 nitrogen and oxygen atoms in total. The predicted octanol–water partition coefficient (Wildman–Crippen LogP) is 3.86. The molecule has 1 N–H and O–H groups in total. The molecule has 2 fully saturated rings. The third-order valence-corrected chi connectivity index (χ3v) is 7.18. The molecule has 1 unspecified atom stereocenters. The van der Waals surface area contributed by atoms with E-state index in [9.17, 15) is 14.4 Å². The van der Waals surface area contributed by atoms with Gasteiger partial charge in [0.25, 0.3) is 5.91 Å². The van der Waals surface area contributed by atoms with Crippen LogP contribution in [0.15, 0.2) is 78.9 Å². The second-order valence-corrected chi connectivity index (χ2v) is 9.16. The lowest BCUT2D eigenvalue weighted by Gasteiger charge is -2.29. The molecule has 2 heterocycles. The van der Waals surface area contributed by atoms with Crippen LogP contribution in [0.3, 0.4) is 0 Å². The first-order chi connectivity index (χ1) is 18.0. The van der Waals surface area contributed by atoms with Crippen molar-refractivity contribution in [3.63, 3.8) is 0 Å². The van der Waals surface area contributed by atoms with Crippen LogP contribution in [0.4, 0.5) is 4.79 Å². The van der Waals surface area contributed by atoms with Gasteiger partial charge in [0, 0.05) is 12.1 Å². The highest BCUT2D eigenvalue weighted by Crippen LogP contribution is 2.40. The summed E-state index contributed by atoms with van der Waals surface area (Å²) in [5, 5.41) is 2.90. The summed E-state index contributed by atoms with van der Waals surface area (Å²) in [7, 11) is 3.18. The Morgan fingerprint density at radius 1 is 0.946 bits per heavy atom. The topological polar surface area (TPSA) is 88.2 Å². The molecule has 8 heteroatoms. The molecule has 3 aromatic carbocycles. The van der Waals surface area contributed by atoms with Crippen LogP contribution < -0.4 is 14.8 Å². The van der Waals surface area contributed by atoms with E-state index in [0.29, 0.717) is 29.2 Å². The van der Waals surface area contributed by atoms with Crippen LogP contribution in [0.1, 0.15) is 35.6 Å². The molecule has 0 bridgehead atoms. The van der Waals surface area contributed by atoms with Crippen molar-refractivity contribution in [2.24, 2.45) is 0 Å². The average Bonchev–Trinajstić information content (AvgIpc) is 3.53. The molecule has 2 saturated heterocycles. The highest BCUT2D eigenvalue weighted by atomic mass is 16.5. The number of nitrogens with one attached hydrogen (secondary N) is 1. The monoisotopic (exact) mass is 499 g/mol. The Hall–Kier alpha value is -4.33. The fraction of sp³-hybridized carbons (Fsp3) is 0.276. The second-order valence-electron chi connectivity index (χ2n) is 9.16. The number of carbonyl (C=O) groups is 3. The SMILES string of the molecule is COc1ccc(OC)c(C2CCCN2C(=O)CN2C(=O)NC(c3ccccc3)(c3ccccc3)C2=O)c1. The van der Waals surface area contributed by atoms with Crippen LogP contribution in [-0.2, 0) is 15.1 Å². The van der Waals surface area contributed by atoms with Crippen molar-refractivity contribution >= 4 is 17.8 Å². The van der Waals surface area contributed by atoms with Gasteiger partial charge in [0.2, 0.25) is 5.91 Å². The number of hydrogen-bond donors (Lipinski definition) is 1. The second kappa shape index (κ2) is 9.97. The van der Waals surface area contributed by atoms with Gasteiger partial charge in [-0.1, -0.05) is 60.7 Å². The van der Waals surface area contributed by atoms with Gasteiger partial charge in [-0.05, 0) is 42.2 Å². The van der Waals surface area contributed by atoms with E-state index in [-0.39, 0.29) is 18.5 Å². The molecule has 5 rings (SSSR count). The number of amides is 4. The number of carbonyl (C=O) groups excluding carboxylic acids is 3. The van der Waals surface area contributed by atoms with E-state index in [1.807, 2.05) is 78.9 Å². The summed E-state index contributed by atoms with van der Waals surface area (Å²) < 4.78 is 10.9. The first-order valence-corrected chi connectivity index (χ1v) is 12.3. The Kier molecular flexibility index (Phi) is 6.56. The molecular weight excluding hydrogens is 470 g/mol. The minimum Gasteiger partial charge on any atom is -0.497 e. The molecule has 1 atom stereocenters. The van der Waals surface area contributed by atoms with Crippen LogP contribution in [-0.4, -0.2) is 55.0 Å². The highest BCUT2D eigenvalue weighted by Gasteiger charge is 2.54. The van der Waals surface area contributed by atoms with E-state index in [1.54, 1.807) is 19.1 Å². The summed E-state index contributed by atoms with van der Waals surface area (Å²) in [6.07, 6.45) is 1.54. The lowest BCUT2D eigenvalue weighted by molar-refractivity contribution is -0.139.